The number of rotatable bonds is 8. The highest BCUT2D eigenvalue weighted by Gasteiger charge is 2.58. The van der Waals surface area contributed by atoms with Gasteiger partial charge < -0.3 is 20.1 Å². The van der Waals surface area contributed by atoms with Crippen molar-refractivity contribution in [2.75, 3.05) is 0 Å². The standard InChI is InChI=1S/C23H28ClN3O5/c1-22(2)17(8-9-23(22,3)21(31)32)19(28)26-18(20(29)30)10-16-12-27(13-25-16)11-14-4-6-15(24)7-5-14/h4-7,12-13,17-18H,8-11H2,1-3H3,(H,26,28)(H,29,30)(H,31,32)/t17-,18+,23+/m1/s1. The molecule has 1 fully saturated rings. The number of hydrogen-bond acceptors (Lipinski definition) is 4. The van der Waals surface area contributed by atoms with Crippen molar-refractivity contribution in [3.8, 4) is 0 Å². The zero-order chi connectivity index (χ0) is 23.7. The molecule has 2 aromatic rings. The van der Waals surface area contributed by atoms with Crippen molar-refractivity contribution < 1.29 is 24.6 Å². The number of carbonyl (C=O) groups is 3. The second-order valence-electron chi connectivity index (χ2n) is 9.22. The lowest BCUT2D eigenvalue weighted by molar-refractivity contribution is -0.155. The molecular formula is C23H28ClN3O5. The van der Waals surface area contributed by atoms with Crippen LogP contribution < -0.4 is 5.32 Å². The Morgan fingerprint density at radius 2 is 1.88 bits per heavy atom. The van der Waals surface area contributed by atoms with Gasteiger partial charge in [-0.1, -0.05) is 37.6 Å². The largest absolute Gasteiger partial charge is 0.481 e. The number of imidazole rings is 1. The van der Waals surface area contributed by atoms with E-state index in [1.807, 2.05) is 16.7 Å². The molecule has 3 rings (SSSR count). The van der Waals surface area contributed by atoms with Gasteiger partial charge in [-0.15, -0.1) is 0 Å². The first-order chi connectivity index (χ1) is 14.9. The van der Waals surface area contributed by atoms with E-state index < -0.39 is 40.6 Å². The summed E-state index contributed by atoms with van der Waals surface area (Å²) in [6, 6.07) is 6.23. The number of benzene rings is 1. The first-order valence-electron chi connectivity index (χ1n) is 10.5. The fourth-order valence-electron chi connectivity index (χ4n) is 4.42. The summed E-state index contributed by atoms with van der Waals surface area (Å²) in [6.07, 6.45) is 4.14. The Bertz CT molecular complexity index is 1020. The average molecular weight is 462 g/mol. The molecule has 0 spiro atoms. The molecule has 8 nitrogen and oxygen atoms in total. The van der Waals surface area contributed by atoms with Gasteiger partial charge in [0.25, 0.3) is 0 Å². The summed E-state index contributed by atoms with van der Waals surface area (Å²) >= 11 is 5.90. The molecule has 0 radical (unpaired) electrons. The molecule has 3 atom stereocenters. The van der Waals surface area contributed by atoms with Gasteiger partial charge in [0.2, 0.25) is 5.91 Å². The van der Waals surface area contributed by atoms with Crippen molar-refractivity contribution in [3.05, 3.63) is 53.1 Å². The predicted octanol–water partition coefficient (Wildman–Crippen LogP) is 3.22. The Balaban J connectivity index is 1.67. The van der Waals surface area contributed by atoms with Crippen molar-refractivity contribution in [2.24, 2.45) is 16.7 Å². The summed E-state index contributed by atoms with van der Waals surface area (Å²) in [5.41, 5.74) is -0.306. The molecule has 1 aromatic carbocycles. The van der Waals surface area contributed by atoms with E-state index in [2.05, 4.69) is 10.3 Å². The van der Waals surface area contributed by atoms with Crippen LogP contribution in [0.4, 0.5) is 0 Å². The van der Waals surface area contributed by atoms with Crippen LogP contribution in [0.15, 0.2) is 36.8 Å². The van der Waals surface area contributed by atoms with E-state index in [9.17, 15) is 24.6 Å². The lowest BCUT2D eigenvalue weighted by atomic mass is 9.65. The minimum atomic E-state index is -1.16. The molecule has 1 heterocycles. The van der Waals surface area contributed by atoms with Crippen LogP contribution >= 0.6 is 11.6 Å². The fraction of sp³-hybridized carbons (Fsp3) is 0.478. The lowest BCUT2D eigenvalue weighted by Crippen LogP contribution is -2.49. The second kappa shape index (κ2) is 8.94. The molecule has 1 saturated carbocycles. The van der Waals surface area contributed by atoms with E-state index in [0.717, 1.165) is 5.56 Å². The van der Waals surface area contributed by atoms with Crippen molar-refractivity contribution in [1.82, 2.24) is 14.9 Å². The molecule has 1 amide bonds. The van der Waals surface area contributed by atoms with E-state index in [1.54, 1.807) is 45.4 Å². The zero-order valence-corrected chi connectivity index (χ0v) is 19.1. The van der Waals surface area contributed by atoms with Gasteiger partial charge >= 0.3 is 11.9 Å². The maximum absolute atomic E-state index is 12.9. The van der Waals surface area contributed by atoms with Crippen LogP contribution in [0.3, 0.4) is 0 Å². The maximum Gasteiger partial charge on any atom is 0.326 e. The zero-order valence-electron chi connectivity index (χ0n) is 18.3. The van der Waals surface area contributed by atoms with Gasteiger partial charge in [0.15, 0.2) is 0 Å². The Morgan fingerprint density at radius 3 is 2.44 bits per heavy atom. The van der Waals surface area contributed by atoms with Crippen LogP contribution in [0.5, 0.6) is 0 Å². The molecule has 0 unspecified atom stereocenters. The average Bonchev–Trinajstić information content (AvgIpc) is 3.25. The highest BCUT2D eigenvalue weighted by Crippen LogP contribution is 2.56. The van der Waals surface area contributed by atoms with Crippen molar-refractivity contribution >= 4 is 29.4 Å². The third-order valence-corrected chi connectivity index (χ3v) is 7.26. The third-order valence-electron chi connectivity index (χ3n) is 7.01. The molecule has 172 valence electrons. The van der Waals surface area contributed by atoms with Crippen LogP contribution in [0.1, 0.15) is 44.9 Å². The van der Waals surface area contributed by atoms with E-state index in [-0.39, 0.29) is 6.42 Å². The van der Waals surface area contributed by atoms with Gasteiger partial charge in [0, 0.05) is 30.1 Å². The van der Waals surface area contributed by atoms with Crippen molar-refractivity contribution in [2.45, 2.75) is 52.6 Å². The SMILES string of the molecule is CC1(C)[C@@H](C(=O)N[C@@H](Cc2cn(Cc3ccc(Cl)cc3)cn2)C(=O)O)CC[C@@]1(C)C(=O)O. The summed E-state index contributed by atoms with van der Waals surface area (Å²) in [5.74, 6) is -3.14. The number of amides is 1. The number of hydrogen-bond donors (Lipinski definition) is 3. The van der Waals surface area contributed by atoms with Crippen molar-refractivity contribution in [1.29, 1.82) is 0 Å². The van der Waals surface area contributed by atoms with Crippen LogP contribution in [0.25, 0.3) is 0 Å². The molecule has 32 heavy (non-hydrogen) atoms. The summed E-state index contributed by atoms with van der Waals surface area (Å²) in [7, 11) is 0. The minimum Gasteiger partial charge on any atom is -0.481 e. The molecule has 9 heteroatoms. The van der Waals surface area contributed by atoms with Crippen LogP contribution in [-0.4, -0.2) is 43.7 Å². The van der Waals surface area contributed by atoms with Crippen LogP contribution in [0, 0.1) is 16.7 Å². The Kier molecular flexibility index (Phi) is 6.64. The second-order valence-corrected chi connectivity index (χ2v) is 9.65. The van der Waals surface area contributed by atoms with Gasteiger partial charge in [0.1, 0.15) is 6.04 Å². The Morgan fingerprint density at radius 1 is 1.22 bits per heavy atom. The van der Waals surface area contributed by atoms with Gasteiger partial charge in [0.05, 0.1) is 17.4 Å². The number of aromatic nitrogens is 2. The predicted molar refractivity (Wildman–Crippen MR) is 118 cm³/mol. The molecule has 0 bridgehead atoms. The number of carboxylic acids is 2. The molecule has 1 aliphatic rings. The van der Waals surface area contributed by atoms with Crippen molar-refractivity contribution in [3.63, 3.8) is 0 Å². The van der Waals surface area contributed by atoms with E-state index in [0.29, 0.717) is 30.1 Å². The monoisotopic (exact) mass is 461 g/mol. The fourth-order valence-corrected chi connectivity index (χ4v) is 4.55. The van der Waals surface area contributed by atoms with Gasteiger partial charge in [-0.05, 0) is 42.9 Å². The third kappa shape index (κ3) is 4.65. The molecule has 0 aliphatic heterocycles. The highest BCUT2D eigenvalue weighted by molar-refractivity contribution is 6.30. The normalized spacial score (nSPS) is 22.9. The number of nitrogens with one attached hydrogen (secondary N) is 1. The highest BCUT2D eigenvalue weighted by atomic mass is 35.5. The number of nitrogens with zero attached hydrogens (tertiary/aromatic N) is 2. The van der Waals surface area contributed by atoms with Crippen LogP contribution in [-0.2, 0) is 27.3 Å². The molecule has 1 aliphatic carbocycles. The summed E-state index contributed by atoms with van der Waals surface area (Å²) in [5, 5.41) is 22.6. The lowest BCUT2D eigenvalue weighted by Gasteiger charge is -2.38. The van der Waals surface area contributed by atoms with Gasteiger partial charge in [-0.25, -0.2) is 9.78 Å². The number of aliphatic carboxylic acids is 2. The maximum atomic E-state index is 12.9. The molecule has 3 N–H and O–H groups in total. The minimum absolute atomic E-state index is 0.0258. The first kappa shape index (κ1) is 23.8. The van der Waals surface area contributed by atoms with Gasteiger partial charge in [-0.2, -0.15) is 0 Å². The summed E-state index contributed by atoms with van der Waals surface area (Å²) in [6.45, 7) is 5.71. The molecule has 0 saturated heterocycles. The summed E-state index contributed by atoms with van der Waals surface area (Å²) < 4.78 is 1.83. The Labute approximate surface area is 191 Å². The van der Waals surface area contributed by atoms with Gasteiger partial charge in [-0.3, -0.25) is 9.59 Å². The number of carboxylic acid groups (broad SMARTS) is 2. The van der Waals surface area contributed by atoms with E-state index in [4.69, 9.17) is 11.6 Å². The Hall–Kier alpha value is -2.87. The van der Waals surface area contributed by atoms with E-state index >= 15 is 0 Å². The quantitative estimate of drug-likeness (QED) is 0.554. The van der Waals surface area contributed by atoms with E-state index in [1.165, 1.54) is 0 Å². The van der Waals surface area contributed by atoms with Crippen LogP contribution in [0.2, 0.25) is 5.02 Å². The number of halogens is 1. The molecular weight excluding hydrogens is 434 g/mol. The number of carbonyl (C=O) groups excluding carboxylic acids is 1. The summed E-state index contributed by atoms with van der Waals surface area (Å²) in [4.78, 5) is 40.8. The molecule has 1 aromatic heterocycles. The first-order valence-corrected chi connectivity index (χ1v) is 10.8. The topological polar surface area (TPSA) is 122 Å². The smallest absolute Gasteiger partial charge is 0.326 e.